The van der Waals surface area contributed by atoms with Gasteiger partial charge in [-0.15, -0.1) is 0 Å². The molecule has 0 radical (unpaired) electrons. The Morgan fingerprint density at radius 2 is 1.30 bits per heavy atom. The van der Waals surface area contributed by atoms with Gasteiger partial charge in [0.15, 0.2) is 12.2 Å². The van der Waals surface area contributed by atoms with Crippen molar-refractivity contribution in [1.82, 2.24) is 0 Å². The molecule has 0 amide bonds. The molecule has 0 aromatic heterocycles. The average Bonchev–Trinajstić information content (AvgIpc) is 2.84. The van der Waals surface area contributed by atoms with Gasteiger partial charge in [0.2, 0.25) is 0 Å². The van der Waals surface area contributed by atoms with Gasteiger partial charge in [-0.25, -0.2) is 9.59 Å². The smallest absolute Gasteiger partial charge is 0.338 e. The number of nitro benzene ring substituents is 1. The van der Waals surface area contributed by atoms with Crippen LogP contribution < -0.4 is 0 Å². The molecule has 2 rings (SSSR count). The highest BCUT2D eigenvalue weighted by Crippen LogP contribution is 2.28. The molecule has 2 unspecified atom stereocenters. The number of esters is 2. The van der Waals surface area contributed by atoms with E-state index in [4.69, 9.17) is 0 Å². The van der Waals surface area contributed by atoms with Crippen LogP contribution >= 0.6 is 0 Å². The first-order valence-electron chi connectivity index (χ1n) is 10.8. The van der Waals surface area contributed by atoms with Crippen LogP contribution in [0, 0.1) is 10.1 Å². The molecule has 33 heavy (non-hydrogen) atoms. The molecule has 180 valence electrons. The number of nitro groups is 1. The Bertz CT molecular complexity index is 846. The van der Waals surface area contributed by atoms with Crippen LogP contribution in [0.3, 0.4) is 0 Å². The lowest BCUT2D eigenvalue weighted by Crippen LogP contribution is -2.41. The van der Waals surface area contributed by atoms with Crippen molar-refractivity contribution in [3.8, 4) is 11.1 Å². The molecule has 0 heterocycles. The van der Waals surface area contributed by atoms with Gasteiger partial charge in [-0.3, -0.25) is 10.1 Å². The number of benzene rings is 2. The summed E-state index contributed by atoms with van der Waals surface area (Å²) in [5, 5.41) is 29.6. The number of aliphatic hydroxyl groups excluding tert-OH is 2. The summed E-state index contributed by atoms with van der Waals surface area (Å²) in [6.45, 7) is 4.16. The molecule has 2 N–H and O–H groups in total. The summed E-state index contributed by atoms with van der Waals surface area (Å²) in [4.78, 5) is 32.9. The zero-order chi connectivity index (χ0) is 24.6. The van der Waals surface area contributed by atoms with Gasteiger partial charge in [0.25, 0.3) is 5.69 Å². The van der Waals surface area contributed by atoms with E-state index in [1.54, 1.807) is 18.2 Å². The second-order valence-corrected chi connectivity index (χ2v) is 7.07. The maximum absolute atomic E-state index is 11.3. The number of ether oxygens (including phenoxy) is 2. The summed E-state index contributed by atoms with van der Waals surface area (Å²) in [6, 6.07) is 16.1. The molecule has 2 atom stereocenters. The first-order chi connectivity index (χ1) is 15.8. The Balaban J connectivity index is 0.000000334. The Morgan fingerprint density at radius 3 is 1.76 bits per heavy atom. The van der Waals surface area contributed by atoms with Crippen LogP contribution in [0.4, 0.5) is 5.69 Å². The SMILES string of the molecule is CCCCOC(=O)C(O)C(O)C(=O)OCCCC.O=[N+]([O-])c1ccccc1-c1ccccc1. The summed E-state index contributed by atoms with van der Waals surface area (Å²) in [6.07, 6.45) is -0.784. The third-order valence-corrected chi connectivity index (χ3v) is 4.45. The normalized spacial score (nSPS) is 12.0. The van der Waals surface area contributed by atoms with Crippen molar-refractivity contribution >= 4 is 17.6 Å². The molecule has 9 heteroatoms. The minimum absolute atomic E-state index is 0.142. The average molecular weight is 462 g/mol. The predicted octanol–water partition coefficient (Wildman–Crippen LogP) is 3.66. The van der Waals surface area contributed by atoms with E-state index in [2.05, 4.69) is 9.47 Å². The van der Waals surface area contributed by atoms with Crippen molar-refractivity contribution < 1.29 is 34.2 Å². The van der Waals surface area contributed by atoms with Crippen LogP contribution in [-0.4, -0.2) is 52.5 Å². The van der Waals surface area contributed by atoms with Crippen LogP contribution in [0.2, 0.25) is 0 Å². The topological polar surface area (TPSA) is 136 Å². The Kier molecular flexibility index (Phi) is 13.0. The van der Waals surface area contributed by atoms with Crippen molar-refractivity contribution in [2.45, 2.75) is 51.7 Å². The third kappa shape index (κ3) is 9.80. The lowest BCUT2D eigenvalue weighted by atomic mass is 10.0. The fourth-order valence-electron chi connectivity index (χ4n) is 2.56. The van der Waals surface area contributed by atoms with E-state index in [9.17, 15) is 29.9 Å². The fourth-order valence-corrected chi connectivity index (χ4v) is 2.56. The Hall–Kier alpha value is -3.30. The molecule has 0 saturated heterocycles. The maximum atomic E-state index is 11.3. The number of nitrogens with zero attached hydrogens (tertiary/aromatic N) is 1. The second-order valence-electron chi connectivity index (χ2n) is 7.07. The number of rotatable bonds is 11. The fraction of sp³-hybridized carbons (Fsp3) is 0.417. The second kappa shape index (κ2) is 15.5. The minimum atomic E-state index is -1.89. The standard InChI is InChI=1S/C12H9NO2.C12H22O6/c14-13(15)12-9-5-4-8-11(12)10-6-2-1-3-7-10;1-3-5-7-17-11(15)9(13)10(14)12(16)18-8-6-4-2/h1-9H;9-10,13-14H,3-8H2,1-2H3. The van der Waals surface area contributed by atoms with Crippen molar-refractivity contribution in [1.29, 1.82) is 0 Å². The predicted molar refractivity (Wildman–Crippen MR) is 122 cm³/mol. The van der Waals surface area contributed by atoms with Crippen molar-refractivity contribution in [2.75, 3.05) is 13.2 Å². The molecule has 0 bridgehead atoms. The van der Waals surface area contributed by atoms with E-state index in [-0.39, 0.29) is 23.8 Å². The van der Waals surface area contributed by atoms with E-state index in [1.165, 1.54) is 6.07 Å². The maximum Gasteiger partial charge on any atom is 0.338 e. The molecule has 2 aromatic rings. The van der Waals surface area contributed by atoms with E-state index >= 15 is 0 Å². The van der Waals surface area contributed by atoms with Gasteiger partial charge in [0, 0.05) is 6.07 Å². The van der Waals surface area contributed by atoms with E-state index in [0.29, 0.717) is 18.4 Å². The molecule has 0 aliphatic carbocycles. The highest BCUT2D eigenvalue weighted by molar-refractivity contribution is 5.85. The van der Waals surface area contributed by atoms with E-state index < -0.39 is 24.1 Å². The molecule has 0 spiro atoms. The lowest BCUT2D eigenvalue weighted by molar-refractivity contribution is -0.384. The molecule has 2 aromatic carbocycles. The highest BCUT2D eigenvalue weighted by atomic mass is 16.6. The van der Waals surface area contributed by atoms with E-state index in [1.807, 2.05) is 44.2 Å². The Morgan fingerprint density at radius 1 is 0.848 bits per heavy atom. The quantitative estimate of drug-likeness (QED) is 0.224. The van der Waals surface area contributed by atoms with Crippen LogP contribution in [0.15, 0.2) is 54.6 Å². The Labute approximate surface area is 193 Å². The summed E-state index contributed by atoms with van der Waals surface area (Å²) in [5.74, 6) is -2.02. The highest BCUT2D eigenvalue weighted by Gasteiger charge is 2.32. The zero-order valence-corrected chi connectivity index (χ0v) is 18.9. The molecular formula is C24H31NO8. The molecule has 0 aliphatic rings. The summed E-state index contributed by atoms with van der Waals surface area (Å²) in [5.41, 5.74) is 1.66. The first kappa shape index (κ1) is 27.7. The monoisotopic (exact) mass is 461 g/mol. The molecular weight excluding hydrogens is 430 g/mol. The van der Waals surface area contributed by atoms with Gasteiger partial charge in [-0.05, 0) is 24.5 Å². The van der Waals surface area contributed by atoms with Crippen molar-refractivity contribution in [3.63, 3.8) is 0 Å². The minimum Gasteiger partial charge on any atom is -0.464 e. The molecule has 9 nitrogen and oxygen atoms in total. The van der Waals surface area contributed by atoms with Crippen molar-refractivity contribution in [2.24, 2.45) is 0 Å². The van der Waals surface area contributed by atoms with Gasteiger partial charge in [0.05, 0.1) is 23.7 Å². The first-order valence-corrected chi connectivity index (χ1v) is 10.8. The van der Waals surface area contributed by atoms with Crippen LogP contribution in [-0.2, 0) is 19.1 Å². The van der Waals surface area contributed by atoms with Gasteiger partial charge >= 0.3 is 11.9 Å². The number of hydrogen-bond donors (Lipinski definition) is 2. The number of hydrogen-bond acceptors (Lipinski definition) is 8. The number of para-hydroxylation sites is 1. The van der Waals surface area contributed by atoms with Crippen LogP contribution in [0.1, 0.15) is 39.5 Å². The van der Waals surface area contributed by atoms with Gasteiger partial charge in [0.1, 0.15) is 0 Å². The van der Waals surface area contributed by atoms with Gasteiger partial charge in [-0.2, -0.15) is 0 Å². The zero-order valence-electron chi connectivity index (χ0n) is 18.9. The van der Waals surface area contributed by atoms with Crippen molar-refractivity contribution in [3.05, 3.63) is 64.7 Å². The van der Waals surface area contributed by atoms with Gasteiger partial charge in [-0.1, -0.05) is 69.2 Å². The summed E-state index contributed by atoms with van der Waals surface area (Å²) in [7, 11) is 0. The third-order valence-electron chi connectivity index (χ3n) is 4.45. The van der Waals surface area contributed by atoms with Crippen LogP contribution in [0.25, 0.3) is 11.1 Å². The lowest BCUT2D eigenvalue weighted by Gasteiger charge is -2.15. The van der Waals surface area contributed by atoms with Crippen LogP contribution in [0.5, 0.6) is 0 Å². The molecule has 0 saturated carbocycles. The van der Waals surface area contributed by atoms with Gasteiger partial charge < -0.3 is 19.7 Å². The largest absolute Gasteiger partial charge is 0.464 e. The number of carbonyl (C=O) groups is 2. The summed E-state index contributed by atoms with van der Waals surface area (Å²) >= 11 is 0. The molecule has 0 aliphatic heterocycles. The van der Waals surface area contributed by atoms with E-state index in [0.717, 1.165) is 18.4 Å². The number of aliphatic hydroxyl groups is 2. The number of unbranched alkanes of at least 4 members (excludes halogenated alkanes) is 2. The number of carbonyl (C=O) groups excluding carboxylic acids is 2. The summed E-state index contributed by atoms with van der Waals surface area (Å²) < 4.78 is 9.37. The molecule has 0 fully saturated rings.